The number of likely N-dealkylation sites (tertiary alicyclic amines) is 1. The molecule has 9 nitrogen and oxygen atoms in total. The predicted octanol–water partition coefficient (Wildman–Crippen LogP) is 4.20. The van der Waals surface area contributed by atoms with Gasteiger partial charge in [-0.05, 0) is 60.5 Å². The average Bonchev–Trinajstić information content (AvgIpc) is 3.16. The van der Waals surface area contributed by atoms with Gasteiger partial charge in [0.05, 0.1) is 22.9 Å². The van der Waals surface area contributed by atoms with E-state index in [1.54, 1.807) is 25.1 Å². The van der Waals surface area contributed by atoms with E-state index in [2.05, 4.69) is 15.9 Å². The molecule has 40 heavy (non-hydrogen) atoms. The summed E-state index contributed by atoms with van der Waals surface area (Å²) in [6.07, 6.45) is 5.20. The van der Waals surface area contributed by atoms with Crippen LogP contribution in [0.5, 0.6) is 11.5 Å². The van der Waals surface area contributed by atoms with Crippen LogP contribution in [0.15, 0.2) is 51.6 Å². The highest BCUT2D eigenvalue weighted by molar-refractivity contribution is 9.12. The second-order valence-electron chi connectivity index (χ2n) is 10.6. The molecule has 2 amide bonds. The van der Waals surface area contributed by atoms with Gasteiger partial charge >= 0.3 is 5.97 Å². The minimum absolute atomic E-state index is 0.0371. The van der Waals surface area contributed by atoms with Gasteiger partial charge in [-0.15, -0.1) is 0 Å². The van der Waals surface area contributed by atoms with Crippen molar-refractivity contribution in [3.05, 3.63) is 57.1 Å². The molecule has 3 aliphatic carbocycles. The number of nitrogens with zero attached hydrogens (tertiary/aromatic N) is 1. The fourth-order valence-corrected chi connectivity index (χ4v) is 7.06. The number of carboxylic acids is 1. The highest BCUT2D eigenvalue weighted by Crippen LogP contribution is 2.56. The van der Waals surface area contributed by atoms with Crippen molar-refractivity contribution in [2.24, 2.45) is 17.8 Å². The standard InChI is InChI=1S/C30H30BrNO8/c1-2-40-22-8-6-7-16(28(22)37)24-15-10-11-17-25(18(15)13-19-26(24)21(33)14-20(31)27(19)36)30(39)32(29(17)38)12-5-3-4-9-23(34)35/h6-8,10,14,17-18,24-25,37H,2-5,9,11-13H2,1H3,(H,34,35)/t17-,18+,24+,25-/m0/s1. The van der Waals surface area contributed by atoms with Crippen molar-refractivity contribution in [2.45, 2.75) is 51.4 Å². The molecule has 4 atom stereocenters. The maximum atomic E-state index is 13.7. The lowest BCUT2D eigenvalue weighted by Gasteiger charge is -2.42. The molecule has 0 radical (unpaired) electrons. The number of phenolic OH excluding ortho intramolecular Hbond substituents is 1. The number of para-hydroxylation sites is 1. The van der Waals surface area contributed by atoms with E-state index in [1.165, 1.54) is 11.0 Å². The van der Waals surface area contributed by atoms with Crippen LogP contribution < -0.4 is 4.74 Å². The first-order valence-corrected chi connectivity index (χ1v) is 14.4. The number of hydrogen-bond donors (Lipinski definition) is 2. The Bertz CT molecular complexity index is 1410. The van der Waals surface area contributed by atoms with Crippen molar-refractivity contribution in [3.8, 4) is 11.5 Å². The number of aliphatic carboxylic acids is 1. The number of imide groups is 1. The van der Waals surface area contributed by atoms with Gasteiger partial charge in [0.15, 0.2) is 23.1 Å². The van der Waals surface area contributed by atoms with Crippen molar-refractivity contribution in [3.63, 3.8) is 0 Å². The first-order chi connectivity index (χ1) is 19.1. The molecular weight excluding hydrogens is 582 g/mol. The van der Waals surface area contributed by atoms with Crippen LogP contribution in [-0.4, -0.2) is 57.6 Å². The van der Waals surface area contributed by atoms with Crippen molar-refractivity contribution >= 4 is 45.3 Å². The summed E-state index contributed by atoms with van der Waals surface area (Å²) in [5, 5.41) is 20.0. The predicted molar refractivity (Wildman–Crippen MR) is 147 cm³/mol. The molecule has 0 spiro atoms. The molecule has 1 aliphatic heterocycles. The van der Waals surface area contributed by atoms with Crippen molar-refractivity contribution in [1.82, 2.24) is 4.90 Å². The van der Waals surface area contributed by atoms with Gasteiger partial charge < -0.3 is 14.9 Å². The number of carbonyl (C=O) groups excluding carboxylic acids is 4. The minimum Gasteiger partial charge on any atom is -0.504 e. The van der Waals surface area contributed by atoms with Crippen molar-refractivity contribution in [2.75, 3.05) is 13.2 Å². The number of carbonyl (C=O) groups is 5. The van der Waals surface area contributed by atoms with Crippen molar-refractivity contribution in [1.29, 1.82) is 0 Å². The summed E-state index contributed by atoms with van der Waals surface area (Å²) in [5.74, 6) is -4.52. The van der Waals surface area contributed by atoms with Crippen LogP contribution in [0.1, 0.15) is 56.9 Å². The number of amides is 2. The van der Waals surface area contributed by atoms with E-state index in [9.17, 15) is 29.1 Å². The van der Waals surface area contributed by atoms with Gasteiger partial charge in [-0.3, -0.25) is 28.9 Å². The normalized spacial score (nSPS) is 25.8. The molecule has 0 bridgehead atoms. The van der Waals surface area contributed by atoms with E-state index in [-0.39, 0.29) is 64.3 Å². The largest absolute Gasteiger partial charge is 0.504 e. The van der Waals surface area contributed by atoms with Crippen LogP contribution in [0.25, 0.3) is 0 Å². The summed E-state index contributed by atoms with van der Waals surface area (Å²) < 4.78 is 5.73. The molecule has 0 aromatic heterocycles. The number of unbranched alkanes of at least 4 members (excludes halogenated alkanes) is 2. The lowest BCUT2D eigenvalue weighted by Crippen LogP contribution is -2.39. The van der Waals surface area contributed by atoms with Gasteiger partial charge in [0, 0.05) is 41.7 Å². The third-order valence-electron chi connectivity index (χ3n) is 8.34. The van der Waals surface area contributed by atoms with Gasteiger partial charge in [-0.2, -0.15) is 0 Å². The fraction of sp³-hybridized carbons (Fsp3) is 0.433. The number of ketones is 2. The van der Waals surface area contributed by atoms with E-state index in [1.807, 2.05) is 6.08 Å². The number of benzene rings is 1. The molecule has 1 heterocycles. The van der Waals surface area contributed by atoms with Crippen LogP contribution in [0.3, 0.4) is 0 Å². The Kier molecular flexibility index (Phi) is 7.81. The quantitative estimate of drug-likeness (QED) is 0.183. The molecule has 0 saturated carbocycles. The van der Waals surface area contributed by atoms with Gasteiger partial charge in [0.2, 0.25) is 11.8 Å². The summed E-state index contributed by atoms with van der Waals surface area (Å²) in [6, 6.07) is 5.03. The summed E-state index contributed by atoms with van der Waals surface area (Å²) >= 11 is 3.21. The molecule has 5 rings (SSSR count). The second-order valence-corrected chi connectivity index (χ2v) is 11.4. The number of Topliss-reactive ketones (excluding diaryl/α,β-unsaturated/α-hetero) is 1. The molecule has 1 aromatic carbocycles. The zero-order valence-corrected chi connectivity index (χ0v) is 23.6. The van der Waals surface area contributed by atoms with Crippen LogP contribution >= 0.6 is 15.9 Å². The Morgan fingerprint density at radius 2 is 1.88 bits per heavy atom. The number of allylic oxidation sites excluding steroid dienone is 6. The number of ether oxygens (including phenoxy) is 1. The van der Waals surface area contributed by atoms with Crippen molar-refractivity contribution < 1.29 is 38.9 Å². The molecule has 210 valence electrons. The van der Waals surface area contributed by atoms with Gasteiger partial charge in [-0.1, -0.05) is 30.2 Å². The maximum absolute atomic E-state index is 13.7. The SMILES string of the molecule is CCOc1cccc([C@H]2C3=CC[C@@H]4C(=O)N(CCCCCC(=O)O)C(=O)[C@@H]4[C@@H]3CC3=C2C(=O)C=C(Br)C3=O)c1O. The molecule has 0 unspecified atom stereocenters. The van der Waals surface area contributed by atoms with E-state index < -0.39 is 29.6 Å². The number of aromatic hydroxyl groups is 1. The minimum atomic E-state index is -0.881. The molecule has 1 fully saturated rings. The highest BCUT2D eigenvalue weighted by atomic mass is 79.9. The second kappa shape index (κ2) is 11.2. The summed E-state index contributed by atoms with van der Waals surface area (Å²) in [4.78, 5) is 65.8. The zero-order chi connectivity index (χ0) is 28.7. The fourth-order valence-electron chi connectivity index (χ4n) is 6.61. The van der Waals surface area contributed by atoms with E-state index in [4.69, 9.17) is 9.84 Å². The molecule has 1 saturated heterocycles. The number of hydrogen-bond acceptors (Lipinski definition) is 7. The van der Waals surface area contributed by atoms with Crippen LogP contribution in [-0.2, 0) is 24.0 Å². The maximum Gasteiger partial charge on any atom is 0.303 e. The first-order valence-electron chi connectivity index (χ1n) is 13.6. The van der Waals surface area contributed by atoms with Crippen LogP contribution in [0.4, 0.5) is 0 Å². The van der Waals surface area contributed by atoms with Gasteiger partial charge in [0.25, 0.3) is 0 Å². The first kappa shape index (κ1) is 28.0. The number of phenols is 1. The van der Waals surface area contributed by atoms with Gasteiger partial charge in [-0.25, -0.2) is 0 Å². The van der Waals surface area contributed by atoms with E-state index in [0.29, 0.717) is 43.4 Å². The van der Waals surface area contributed by atoms with E-state index in [0.717, 1.165) is 5.57 Å². The smallest absolute Gasteiger partial charge is 0.303 e. The monoisotopic (exact) mass is 611 g/mol. The van der Waals surface area contributed by atoms with E-state index >= 15 is 0 Å². The summed E-state index contributed by atoms with van der Waals surface area (Å²) in [6.45, 7) is 2.33. The number of fused-ring (bicyclic) bond motifs is 3. The van der Waals surface area contributed by atoms with Crippen LogP contribution in [0, 0.1) is 17.8 Å². The third-order valence-corrected chi connectivity index (χ3v) is 8.92. The zero-order valence-electron chi connectivity index (χ0n) is 22.0. The molecule has 4 aliphatic rings. The lowest BCUT2D eigenvalue weighted by atomic mass is 9.59. The lowest BCUT2D eigenvalue weighted by molar-refractivity contribution is -0.141. The van der Waals surface area contributed by atoms with Crippen LogP contribution in [0.2, 0.25) is 0 Å². The number of halogens is 1. The number of rotatable bonds is 9. The average molecular weight is 612 g/mol. The molecular formula is C30H30BrNO8. The highest BCUT2D eigenvalue weighted by Gasteiger charge is 2.56. The topological polar surface area (TPSA) is 138 Å². The summed E-state index contributed by atoms with van der Waals surface area (Å²) in [5.41, 5.74) is 1.74. The number of carboxylic acid groups (broad SMARTS) is 1. The summed E-state index contributed by atoms with van der Waals surface area (Å²) in [7, 11) is 0. The van der Waals surface area contributed by atoms with Gasteiger partial charge in [0.1, 0.15) is 0 Å². The molecule has 1 aromatic rings. The Morgan fingerprint density at radius 1 is 1.10 bits per heavy atom. The molecule has 2 N–H and O–H groups in total. The Hall–Kier alpha value is -3.53. The Morgan fingerprint density at radius 3 is 2.60 bits per heavy atom. The Labute approximate surface area is 239 Å². The molecule has 10 heteroatoms. The Balaban J connectivity index is 1.52. The third kappa shape index (κ3) is 4.72.